The number of phenols is 1. The Morgan fingerprint density at radius 3 is 2.26 bits per heavy atom. The molecule has 0 radical (unpaired) electrons. The van der Waals surface area contributed by atoms with Crippen molar-refractivity contribution in [3.05, 3.63) is 41.0 Å². The van der Waals surface area contributed by atoms with Gasteiger partial charge >= 0.3 is 5.97 Å². The first kappa shape index (κ1) is 27.5. The molecule has 5 aliphatic rings. The highest BCUT2D eigenvalue weighted by Gasteiger charge is 2.56. The first-order valence-corrected chi connectivity index (χ1v) is 13.8. The Balaban J connectivity index is 1.32. The number of esters is 1. The zero-order valence-corrected chi connectivity index (χ0v) is 23.1. The van der Waals surface area contributed by atoms with Crippen molar-refractivity contribution < 1.29 is 62.7 Å². The summed E-state index contributed by atoms with van der Waals surface area (Å²) in [5, 5.41) is 32.5. The maximum absolute atomic E-state index is 13.4. The lowest BCUT2D eigenvalue weighted by atomic mass is 9.66. The highest BCUT2D eigenvalue weighted by Crippen LogP contribution is 2.57. The normalized spacial score (nSPS) is 36.5. The topological polar surface area (TPSA) is 161 Å². The molecule has 0 saturated carbocycles. The van der Waals surface area contributed by atoms with E-state index in [0.717, 1.165) is 0 Å². The molecule has 7 rings (SSSR count). The number of aliphatic hydroxyl groups is 2. The number of cyclic esters (lactones) is 1. The summed E-state index contributed by atoms with van der Waals surface area (Å²) in [4.78, 5) is 13.4. The Bertz CT molecular complexity index is 1350. The molecule has 3 N–H and O–H groups in total. The van der Waals surface area contributed by atoms with E-state index in [0.29, 0.717) is 28.2 Å². The van der Waals surface area contributed by atoms with Crippen LogP contribution in [0.1, 0.15) is 35.6 Å². The number of hydrogen-bond acceptors (Lipinski definition) is 13. The SMILES string of the molecule is COc1cc([C@@H]2c3cc4c(cc3[C@@H](OC3OC5COC(C)O[C@@H]5C(O)C3O)[C@H]3COC(=O)[C@H]23)OCO4)cc(OC)c1O. The molecule has 0 amide bonds. The summed E-state index contributed by atoms with van der Waals surface area (Å²) in [6.07, 6.45) is -6.80. The summed E-state index contributed by atoms with van der Waals surface area (Å²) in [7, 11) is 2.86. The highest BCUT2D eigenvalue weighted by atomic mass is 16.8. The van der Waals surface area contributed by atoms with Gasteiger partial charge in [-0.25, -0.2) is 0 Å². The van der Waals surface area contributed by atoms with E-state index in [1.165, 1.54) is 14.2 Å². The van der Waals surface area contributed by atoms with E-state index >= 15 is 0 Å². The predicted molar refractivity (Wildman–Crippen MR) is 138 cm³/mol. The molecule has 0 bridgehead atoms. The van der Waals surface area contributed by atoms with Crippen molar-refractivity contribution in [1.29, 1.82) is 0 Å². The molecule has 1 aliphatic carbocycles. The van der Waals surface area contributed by atoms with Crippen molar-refractivity contribution in [1.82, 2.24) is 0 Å². The second-order valence-electron chi connectivity index (χ2n) is 11.0. The summed E-state index contributed by atoms with van der Waals surface area (Å²) >= 11 is 0. The van der Waals surface area contributed by atoms with Crippen LogP contribution in [0.15, 0.2) is 24.3 Å². The van der Waals surface area contributed by atoms with Crippen LogP contribution in [-0.2, 0) is 28.5 Å². The minimum atomic E-state index is -1.44. The number of phenolic OH excluding ortho intramolecular Hbond substituents is 1. The Morgan fingerprint density at radius 1 is 0.881 bits per heavy atom. The standard InChI is InChI=1S/C29H32O13/c1-11-36-9-20-27(40-11)24(31)25(32)29(41-20)42-26-14-7-17-16(38-10-39-17)6-13(14)21(22-15(26)8-37-28(22)33)12-4-18(34-2)23(30)19(5-12)35-3/h4-7,11,15,20-22,24-27,29-32H,8-10H2,1-3H3/t11?,15-,20?,21+,22-,24?,25?,26+,27-,29?/m0/s1. The number of rotatable bonds is 5. The molecule has 0 aromatic heterocycles. The molecule has 13 nitrogen and oxygen atoms in total. The Kier molecular flexibility index (Phi) is 6.83. The summed E-state index contributed by atoms with van der Waals surface area (Å²) in [6, 6.07) is 6.93. The van der Waals surface area contributed by atoms with Gasteiger partial charge in [0, 0.05) is 11.8 Å². The van der Waals surface area contributed by atoms with E-state index < -0.39 is 66.8 Å². The van der Waals surface area contributed by atoms with Crippen LogP contribution in [0, 0.1) is 11.8 Å². The molecule has 42 heavy (non-hydrogen) atoms. The van der Waals surface area contributed by atoms with Crippen LogP contribution in [0.25, 0.3) is 0 Å². The molecular formula is C29H32O13. The lowest BCUT2D eigenvalue weighted by Gasteiger charge is -2.47. The monoisotopic (exact) mass is 588 g/mol. The number of carbonyl (C=O) groups excluding carboxylic acids is 1. The van der Waals surface area contributed by atoms with Crippen molar-refractivity contribution >= 4 is 5.97 Å². The van der Waals surface area contributed by atoms with Crippen molar-refractivity contribution in [3.63, 3.8) is 0 Å². The van der Waals surface area contributed by atoms with Crippen LogP contribution in [0.2, 0.25) is 0 Å². The number of hydrogen-bond donors (Lipinski definition) is 3. The average molecular weight is 589 g/mol. The number of aliphatic hydroxyl groups excluding tert-OH is 2. The van der Waals surface area contributed by atoms with E-state index in [1.54, 1.807) is 31.2 Å². The van der Waals surface area contributed by atoms with Gasteiger partial charge in [-0.2, -0.15) is 0 Å². The van der Waals surface area contributed by atoms with E-state index in [9.17, 15) is 20.1 Å². The molecule has 2 aromatic rings. The maximum atomic E-state index is 13.4. The second-order valence-corrected chi connectivity index (χ2v) is 11.0. The lowest BCUT2D eigenvalue weighted by Crippen LogP contribution is -2.63. The summed E-state index contributed by atoms with van der Waals surface area (Å²) in [5.74, 6) is -1.02. The first-order valence-electron chi connectivity index (χ1n) is 13.8. The van der Waals surface area contributed by atoms with Crippen LogP contribution in [0.4, 0.5) is 0 Å². The Morgan fingerprint density at radius 2 is 1.57 bits per heavy atom. The van der Waals surface area contributed by atoms with Crippen LogP contribution < -0.4 is 18.9 Å². The zero-order valence-electron chi connectivity index (χ0n) is 23.1. The molecular weight excluding hydrogens is 556 g/mol. The van der Waals surface area contributed by atoms with E-state index in [4.69, 9.17) is 42.6 Å². The molecule has 0 spiro atoms. The number of benzene rings is 2. The van der Waals surface area contributed by atoms with Gasteiger partial charge < -0.3 is 58.0 Å². The van der Waals surface area contributed by atoms with Gasteiger partial charge in [-0.1, -0.05) is 0 Å². The third-order valence-corrected chi connectivity index (χ3v) is 8.75. The molecule has 4 aliphatic heterocycles. The van der Waals surface area contributed by atoms with Gasteiger partial charge in [0.15, 0.2) is 35.6 Å². The number of methoxy groups -OCH3 is 2. The van der Waals surface area contributed by atoms with Crippen LogP contribution >= 0.6 is 0 Å². The van der Waals surface area contributed by atoms with Gasteiger partial charge in [-0.05, 0) is 47.9 Å². The average Bonchev–Trinajstić information content (AvgIpc) is 3.61. The van der Waals surface area contributed by atoms with E-state index in [2.05, 4.69) is 0 Å². The molecule has 4 heterocycles. The third-order valence-electron chi connectivity index (χ3n) is 8.75. The summed E-state index contributed by atoms with van der Waals surface area (Å²) < 4.78 is 51.5. The molecule has 2 aromatic carbocycles. The lowest BCUT2D eigenvalue weighted by molar-refractivity contribution is -0.364. The summed E-state index contributed by atoms with van der Waals surface area (Å²) in [5.41, 5.74) is 2.01. The number of aromatic hydroxyl groups is 1. The van der Waals surface area contributed by atoms with Gasteiger partial charge in [0.1, 0.15) is 24.4 Å². The molecule has 226 valence electrons. The fourth-order valence-corrected chi connectivity index (χ4v) is 6.74. The zero-order chi connectivity index (χ0) is 29.3. The number of carbonyl (C=O) groups is 1. The predicted octanol–water partition coefficient (Wildman–Crippen LogP) is 1.34. The minimum Gasteiger partial charge on any atom is -0.502 e. The Hall–Kier alpha value is -3.33. The van der Waals surface area contributed by atoms with Gasteiger partial charge in [-0.3, -0.25) is 4.79 Å². The van der Waals surface area contributed by atoms with Crippen molar-refractivity contribution in [2.24, 2.45) is 11.8 Å². The van der Waals surface area contributed by atoms with Crippen LogP contribution in [0.5, 0.6) is 28.7 Å². The molecule has 10 atom stereocenters. The van der Waals surface area contributed by atoms with Crippen LogP contribution in [0.3, 0.4) is 0 Å². The fraction of sp³-hybridized carbons (Fsp3) is 0.552. The molecule has 5 unspecified atom stereocenters. The third kappa shape index (κ3) is 4.26. The minimum absolute atomic E-state index is 0.0301. The van der Waals surface area contributed by atoms with E-state index in [1.807, 2.05) is 0 Å². The largest absolute Gasteiger partial charge is 0.502 e. The van der Waals surface area contributed by atoms with Crippen molar-refractivity contribution in [2.45, 2.75) is 55.9 Å². The van der Waals surface area contributed by atoms with Gasteiger partial charge in [-0.15, -0.1) is 0 Å². The van der Waals surface area contributed by atoms with Gasteiger partial charge in [0.05, 0.1) is 39.5 Å². The van der Waals surface area contributed by atoms with Crippen molar-refractivity contribution in [3.8, 4) is 28.7 Å². The highest BCUT2D eigenvalue weighted by molar-refractivity contribution is 5.79. The van der Waals surface area contributed by atoms with Gasteiger partial charge in [0.2, 0.25) is 12.5 Å². The smallest absolute Gasteiger partial charge is 0.310 e. The van der Waals surface area contributed by atoms with E-state index in [-0.39, 0.29) is 37.3 Å². The number of fused-ring (bicyclic) bond motifs is 4. The quantitative estimate of drug-likeness (QED) is 0.430. The first-order chi connectivity index (χ1) is 20.3. The number of ether oxygens (including phenoxy) is 9. The Labute approximate surface area is 240 Å². The van der Waals surface area contributed by atoms with Crippen LogP contribution in [-0.4, -0.2) is 92.5 Å². The molecule has 13 heteroatoms. The van der Waals surface area contributed by atoms with Crippen molar-refractivity contribution in [2.75, 3.05) is 34.2 Å². The fourth-order valence-electron chi connectivity index (χ4n) is 6.74. The molecule has 3 fully saturated rings. The maximum Gasteiger partial charge on any atom is 0.310 e. The van der Waals surface area contributed by atoms with Gasteiger partial charge in [0.25, 0.3) is 0 Å². The second kappa shape index (κ2) is 10.4. The molecule has 3 saturated heterocycles. The summed E-state index contributed by atoms with van der Waals surface area (Å²) in [6.45, 7) is 1.93.